The Labute approximate surface area is 615 Å². The molecule has 558 valence electrons. The van der Waals surface area contributed by atoms with Crippen molar-refractivity contribution >= 4 is 171 Å². The highest BCUT2D eigenvalue weighted by molar-refractivity contribution is 6.17. The van der Waals surface area contributed by atoms with Crippen LogP contribution in [0.1, 0.15) is 62.9 Å². The van der Waals surface area contributed by atoms with E-state index in [-0.39, 0.29) is 128 Å². The minimum absolute atomic E-state index is 0.00190. The Morgan fingerprint density at radius 3 is 0.685 bits per heavy atom. The summed E-state index contributed by atoms with van der Waals surface area (Å²) in [6, 6.07) is 30.6. The van der Waals surface area contributed by atoms with Crippen molar-refractivity contribution in [2.75, 3.05) is 66.2 Å². The second kappa shape index (κ2) is 31.5. The Morgan fingerprint density at radius 2 is 0.477 bits per heavy atom. The number of non-ortho nitro benzene ring substituents is 1. The molecule has 6 aromatic heterocycles. The molecular formula is C72H48N12O27. The molecule has 0 unspecified atom stereocenters. The summed E-state index contributed by atoms with van der Waals surface area (Å²) in [5.74, 6) is -17.1. The number of carboxylic acid groups (broad SMARTS) is 7. The maximum Gasteiger partial charge on any atom is 0.354 e. The number of carboxylic acids is 7. The number of nitrogens with zero attached hydrogens (tertiary/aromatic N) is 7. The van der Waals surface area contributed by atoms with Gasteiger partial charge in [-0.05, 0) is 66.7 Å². The fourth-order valence-corrected chi connectivity index (χ4v) is 11.1. The normalized spacial score (nSPS) is 11.0. The third-order valence-corrected chi connectivity index (χ3v) is 15.7. The number of para-hydroxylation sites is 6. The smallest absolute Gasteiger partial charge is 0.354 e. The molecule has 0 aliphatic carbocycles. The number of nitrogens with one attached hydrogen (secondary N) is 5. The highest BCUT2D eigenvalue weighted by Crippen LogP contribution is 2.39. The molecule has 39 nitrogen and oxygen atoms in total. The Kier molecular flexibility index (Phi) is 21.1. The van der Waals surface area contributed by atoms with Crippen LogP contribution in [-0.4, -0.2) is 182 Å². The first-order valence-corrected chi connectivity index (χ1v) is 31.8. The maximum atomic E-state index is 14.8. The van der Waals surface area contributed by atoms with Crippen molar-refractivity contribution in [2.45, 2.75) is 0 Å². The first kappa shape index (κ1) is 74.3. The van der Waals surface area contributed by atoms with Gasteiger partial charge in [0.05, 0.1) is 60.9 Å². The molecule has 0 atom stereocenters. The molecule has 0 spiro atoms. The van der Waals surface area contributed by atoms with E-state index >= 15 is 0 Å². The monoisotopic (exact) mass is 1510 g/mol. The van der Waals surface area contributed by atoms with Crippen LogP contribution in [0.4, 0.5) is 34.1 Å². The van der Waals surface area contributed by atoms with Gasteiger partial charge in [0.25, 0.3) is 35.2 Å². The number of aromatic carboxylic acids is 1. The van der Waals surface area contributed by atoms with Crippen LogP contribution < -0.4 is 55.0 Å². The molecule has 0 aliphatic heterocycles. The molecule has 5 amide bonds. The van der Waals surface area contributed by atoms with Gasteiger partial charge in [0.1, 0.15) is 63.0 Å². The number of carbonyl (C=O) groups is 12. The van der Waals surface area contributed by atoms with Gasteiger partial charge in [0, 0.05) is 74.8 Å². The molecule has 0 radical (unpaired) electrons. The van der Waals surface area contributed by atoms with Gasteiger partial charge in [0.2, 0.25) is 0 Å². The van der Waals surface area contributed by atoms with Crippen LogP contribution in [0.3, 0.4) is 0 Å². The molecule has 0 bridgehead atoms. The fraction of sp³-hybridized carbons (Fsp3) is 0.0833. The standard InChI is InChI=1S/C72H48N12O27/c85-55(86)25-106-49-19-42(73-62-32(49)8-2-14-38(62)80-69(99)44-21-51(108-27-57(89)90)34-10-4-16-40(64(34)75-44)82-71(101)46-23-53(110-29-59(93)94)36-12-6-18-48(84(104)105)66(36)77-46)67(97)79-37-13-1-7-31-50(107-26-56(87)88)20-43(74-61(31)37)68(98)81-39-15-3-9-33-52(109-28-58(91)92)22-45(76-63(33)39)70(100)83-41-17-5-11-35-54(111-30-60(95)96)24-47(72(102)103)78-65(35)41/h1-24H,25-30H2,(H,79,97)(H,80,99)(H,81,98)(H,82,101)(H,83,100)(H,85,86)(H,87,88)(H,89,90)(H,91,92)(H,93,94)(H,95,96)(H,102,103). The number of carbonyl (C=O) groups excluding carboxylic acids is 5. The third-order valence-electron chi connectivity index (χ3n) is 15.7. The average molecular weight is 1510 g/mol. The van der Waals surface area contributed by atoms with Gasteiger partial charge in [-0.1, -0.05) is 36.4 Å². The van der Waals surface area contributed by atoms with E-state index in [1.54, 1.807) is 0 Å². The van der Waals surface area contributed by atoms with Crippen molar-refractivity contribution in [3.8, 4) is 34.5 Å². The number of nitro benzene ring substituents is 1. The first-order valence-electron chi connectivity index (χ1n) is 31.8. The maximum absolute atomic E-state index is 14.8. The van der Waals surface area contributed by atoms with Crippen molar-refractivity contribution in [2.24, 2.45) is 0 Å². The van der Waals surface area contributed by atoms with Gasteiger partial charge in [-0.15, -0.1) is 0 Å². The van der Waals surface area contributed by atoms with Crippen LogP contribution in [0, 0.1) is 10.1 Å². The zero-order valence-electron chi connectivity index (χ0n) is 56.0. The number of benzene rings is 6. The number of ether oxygens (including phenoxy) is 6. The van der Waals surface area contributed by atoms with E-state index in [1.807, 2.05) is 0 Å². The summed E-state index contributed by atoms with van der Waals surface area (Å²) in [5, 5.41) is 92.5. The number of hydrogen-bond acceptors (Lipinski definition) is 26. The lowest BCUT2D eigenvalue weighted by Crippen LogP contribution is -2.19. The molecule has 111 heavy (non-hydrogen) atoms. The summed E-state index contributed by atoms with van der Waals surface area (Å²) in [4.78, 5) is 193. The van der Waals surface area contributed by atoms with Gasteiger partial charge < -0.3 is 90.8 Å². The molecule has 39 heteroatoms. The molecular weight excluding hydrogens is 1460 g/mol. The predicted molar refractivity (Wildman–Crippen MR) is 383 cm³/mol. The van der Waals surface area contributed by atoms with Crippen LogP contribution in [0.2, 0.25) is 0 Å². The molecule has 12 N–H and O–H groups in total. The summed E-state index contributed by atoms with van der Waals surface area (Å²) < 4.78 is 33.3. The molecule has 0 aliphatic rings. The molecule has 6 aromatic carbocycles. The third kappa shape index (κ3) is 16.6. The number of aromatic nitrogens is 6. The number of pyridine rings is 6. The van der Waals surface area contributed by atoms with Crippen molar-refractivity contribution in [1.82, 2.24) is 29.9 Å². The molecule has 12 aromatic rings. The fourth-order valence-electron chi connectivity index (χ4n) is 11.1. The van der Waals surface area contributed by atoms with E-state index in [4.69, 9.17) is 28.4 Å². The van der Waals surface area contributed by atoms with Crippen LogP contribution in [0.25, 0.3) is 65.4 Å². The van der Waals surface area contributed by atoms with Crippen molar-refractivity contribution in [3.63, 3.8) is 0 Å². The van der Waals surface area contributed by atoms with E-state index in [0.717, 1.165) is 42.5 Å². The first-order chi connectivity index (χ1) is 53.1. The van der Waals surface area contributed by atoms with Gasteiger partial charge >= 0.3 is 41.8 Å². The van der Waals surface area contributed by atoms with Crippen molar-refractivity contribution in [1.29, 1.82) is 0 Å². The van der Waals surface area contributed by atoms with Crippen molar-refractivity contribution in [3.05, 3.63) is 190 Å². The Balaban J connectivity index is 0.873. The lowest BCUT2D eigenvalue weighted by molar-refractivity contribution is -0.383. The SMILES string of the molecule is O=C(O)COc1cc(C(=O)O)nc2c(NC(=O)c3cc(OCC(=O)O)c4cccc(NC(=O)c5cc(OCC(=O)O)c6cccc(NC(=O)c7cc(OCC(=O)O)c8cccc(NC(=O)c9cc(OCC(=O)O)c%10cccc(NC(=O)c%11cc(OCC(=O)O)c%12cccc([N+](=O)[O-])c%12n%11)c%10n9)c8n7)c6n5)c4n3)cccc12. The number of rotatable bonds is 30. The van der Waals surface area contributed by atoms with Crippen LogP contribution >= 0.6 is 0 Å². The summed E-state index contributed by atoms with van der Waals surface area (Å²) in [5.41, 5.74) is -6.07. The molecule has 0 saturated heterocycles. The van der Waals surface area contributed by atoms with Crippen LogP contribution in [-0.2, 0) is 28.8 Å². The number of anilines is 5. The van der Waals surface area contributed by atoms with Crippen LogP contribution in [0.5, 0.6) is 34.5 Å². The second-order valence-electron chi connectivity index (χ2n) is 23.1. The largest absolute Gasteiger partial charge is 0.481 e. The van der Waals surface area contributed by atoms with Gasteiger partial charge in [0.15, 0.2) is 50.9 Å². The Hall–Kier alpha value is -16.4. The van der Waals surface area contributed by atoms with E-state index < -0.39 is 156 Å². The minimum atomic E-state index is -1.54. The van der Waals surface area contributed by atoms with E-state index in [9.17, 15) is 103 Å². The molecule has 6 heterocycles. The highest BCUT2D eigenvalue weighted by Gasteiger charge is 2.28. The average Bonchev–Trinajstić information content (AvgIpc) is 0.781. The molecule has 0 fully saturated rings. The minimum Gasteiger partial charge on any atom is -0.481 e. The van der Waals surface area contributed by atoms with E-state index in [1.165, 1.54) is 103 Å². The predicted octanol–water partition coefficient (Wildman–Crippen LogP) is 7.62. The lowest BCUT2D eigenvalue weighted by atomic mass is 10.1. The van der Waals surface area contributed by atoms with Gasteiger partial charge in [-0.2, -0.15) is 0 Å². The molecule has 0 saturated carbocycles. The topological polar surface area (TPSA) is 582 Å². The van der Waals surface area contributed by atoms with Gasteiger partial charge in [-0.25, -0.2) is 63.5 Å². The van der Waals surface area contributed by atoms with Gasteiger partial charge in [-0.3, -0.25) is 34.1 Å². The molecule has 12 rings (SSSR count). The highest BCUT2D eigenvalue weighted by atomic mass is 16.6. The zero-order chi connectivity index (χ0) is 79.1. The summed E-state index contributed by atoms with van der Waals surface area (Å²) in [6.45, 7) is -5.71. The Morgan fingerprint density at radius 1 is 0.288 bits per heavy atom. The lowest BCUT2D eigenvalue weighted by Gasteiger charge is -2.16. The van der Waals surface area contributed by atoms with E-state index in [2.05, 4.69) is 56.5 Å². The second-order valence-corrected chi connectivity index (χ2v) is 23.1. The summed E-state index contributed by atoms with van der Waals surface area (Å²) in [7, 11) is 0. The number of fused-ring (bicyclic) bond motifs is 6. The number of nitro groups is 1. The van der Waals surface area contributed by atoms with E-state index in [0.29, 0.717) is 0 Å². The van der Waals surface area contributed by atoms with Crippen molar-refractivity contribution < 1.29 is 127 Å². The zero-order valence-corrected chi connectivity index (χ0v) is 56.0. The summed E-state index contributed by atoms with van der Waals surface area (Å²) in [6.07, 6.45) is 0. The number of aliphatic carboxylic acids is 6. The van der Waals surface area contributed by atoms with Crippen LogP contribution in [0.15, 0.2) is 146 Å². The quantitative estimate of drug-likeness (QED) is 0.0152. The summed E-state index contributed by atoms with van der Waals surface area (Å²) >= 11 is 0. The number of amides is 5. The number of hydrogen-bond donors (Lipinski definition) is 12. The Bertz CT molecular complexity index is 6040.